The molecule has 0 atom stereocenters. The molecule has 0 unspecified atom stereocenters. The van der Waals surface area contributed by atoms with Gasteiger partial charge in [-0.2, -0.15) is 0 Å². The van der Waals surface area contributed by atoms with Crippen LogP contribution in [0.25, 0.3) is 0 Å². The van der Waals surface area contributed by atoms with Crippen molar-refractivity contribution < 1.29 is 13.2 Å². The smallest absolute Gasteiger partial charge is 0.268 e. The van der Waals surface area contributed by atoms with Crippen LogP contribution in [0.4, 0.5) is 0 Å². The van der Waals surface area contributed by atoms with E-state index in [9.17, 15) is 13.2 Å². The van der Waals surface area contributed by atoms with E-state index >= 15 is 0 Å². The number of amides is 1. The predicted molar refractivity (Wildman–Crippen MR) is 92.0 cm³/mol. The number of nitrogens with zero attached hydrogens (tertiary/aromatic N) is 1. The van der Waals surface area contributed by atoms with E-state index in [1.165, 1.54) is 7.05 Å². The summed E-state index contributed by atoms with van der Waals surface area (Å²) >= 11 is 0. The number of hydrogen-bond acceptors (Lipinski definition) is 3. The first kappa shape index (κ1) is 16.7. The molecular weight excluding hydrogens is 326 g/mol. The van der Waals surface area contributed by atoms with Crippen molar-refractivity contribution in [3.8, 4) is 0 Å². The Morgan fingerprint density at radius 2 is 1.96 bits per heavy atom. The molecule has 128 valence electrons. The number of benzene rings is 1. The summed E-state index contributed by atoms with van der Waals surface area (Å²) in [7, 11) is -1.91. The van der Waals surface area contributed by atoms with E-state index in [0.29, 0.717) is 23.8 Å². The normalized spacial score (nSPS) is 14.5. The largest absolute Gasteiger partial charge is 0.347 e. The molecule has 0 spiro atoms. The van der Waals surface area contributed by atoms with Crippen LogP contribution in [0, 0.1) is 0 Å². The van der Waals surface area contributed by atoms with Gasteiger partial charge in [0.2, 0.25) is 10.0 Å². The average Bonchev–Trinajstić information content (AvgIpc) is 3.29. The van der Waals surface area contributed by atoms with Crippen LogP contribution >= 0.6 is 0 Å². The highest BCUT2D eigenvalue weighted by Gasteiger charge is 2.26. The number of sulfonamides is 1. The first-order valence-electron chi connectivity index (χ1n) is 7.92. The van der Waals surface area contributed by atoms with Crippen LogP contribution in [0.1, 0.15) is 40.5 Å². The second-order valence-electron chi connectivity index (χ2n) is 6.00. The Hall–Kier alpha value is -2.12. The highest BCUT2D eigenvalue weighted by molar-refractivity contribution is 7.88. The van der Waals surface area contributed by atoms with Gasteiger partial charge in [0.25, 0.3) is 5.91 Å². The molecule has 1 amide bonds. The van der Waals surface area contributed by atoms with Crippen molar-refractivity contribution in [1.29, 1.82) is 0 Å². The molecule has 6 nitrogen and oxygen atoms in total. The standard InChI is InChI=1S/C17H21N3O3S/c1-18-24(22,23)12-14-5-2-4-13(10-14)11-19-17(21)16-6-3-9-20(16)15-7-8-15/h2-6,9-10,15,18H,7-8,11-12H2,1H3,(H,19,21). The fourth-order valence-corrected chi connectivity index (χ4v) is 3.41. The summed E-state index contributed by atoms with van der Waals surface area (Å²) in [6, 6.07) is 11.4. The van der Waals surface area contributed by atoms with E-state index in [0.717, 1.165) is 18.4 Å². The van der Waals surface area contributed by atoms with Gasteiger partial charge in [-0.15, -0.1) is 0 Å². The summed E-state index contributed by atoms with van der Waals surface area (Å²) in [5.41, 5.74) is 2.24. The van der Waals surface area contributed by atoms with Crippen molar-refractivity contribution in [2.75, 3.05) is 7.05 Å². The average molecular weight is 347 g/mol. The van der Waals surface area contributed by atoms with Gasteiger partial charge in [0.05, 0.1) is 5.75 Å². The lowest BCUT2D eigenvalue weighted by Crippen LogP contribution is -2.25. The molecule has 1 aromatic heterocycles. The molecule has 0 saturated heterocycles. The summed E-state index contributed by atoms with van der Waals surface area (Å²) in [5.74, 6) is -0.185. The molecule has 3 rings (SSSR count). The summed E-state index contributed by atoms with van der Waals surface area (Å²) in [4.78, 5) is 12.4. The van der Waals surface area contributed by atoms with Crippen LogP contribution in [-0.4, -0.2) is 25.9 Å². The molecule has 0 aliphatic heterocycles. The van der Waals surface area contributed by atoms with Crippen molar-refractivity contribution in [1.82, 2.24) is 14.6 Å². The molecule has 1 heterocycles. The molecular formula is C17H21N3O3S. The van der Waals surface area contributed by atoms with E-state index in [2.05, 4.69) is 10.0 Å². The zero-order valence-corrected chi connectivity index (χ0v) is 14.3. The zero-order chi connectivity index (χ0) is 17.2. The van der Waals surface area contributed by atoms with Gasteiger partial charge >= 0.3 is 0 Å². The SMILES string of the molecule is CNS(=O)(=O)Cc1cccc(CNC(=O)c2cccn2C2CC2)c1. The summed E-state index contributed by atoms with van der Waals surface area (Å²) in [6.45, 7) is 0.363. The van der Waals surface area contributed by atoms with Gasteiger partial charge in [-0.1, -0.05) is 24.3 Å². The van der Waals surface area contributed by atoms with Crippen LogP contribution in [0.5, 0.6) is 0 Å². The molecule has 0 radical (unpaired) electrons. The second-order valence-corrected chi connectivity index (χ2v) is 7.92. The third-order valence-electron chi connectivity index (χ3n) is 4.06. The molecule has 1 fully saturated rings. The quantitative estimate of drug-likeness (QED) is 0.801. The molecule has 1 aliphatic rings. The van der Waals surface area contributed by atoms with Gasteiger partial charge in [-0.05, 0) is 43.1 Å². The predicted octanol–water partition coefficient (Wildman–Crippen LogP) is 1.80. The number of nitrogens with one attached hydrogen (secondary N) is 2. The van der Waals surface area contributed by atoms with E-state index in [1.54, 1.807) is 18.2 Å². The van der Waals surface area contributed by atoms with Crippen LogP contribution in [0.15, 0.2) is 42.6 Å². The molecule has 2 aromatic rings. The van der Waals surface area contributed by atoms with Crippen LogP contribution in [0.3, 0.4) is 0 Å². The summed E-state index contributed by atoms with van der Waals surface area (Å²) in [5, 5.41) is 2.90. The fourth-order valence-electron chi connectivity index (χ4n) is 2.65. The van der Waals surface area contributed by atoms with Gasteiger partial charge < -0.3 is 9.88 Å². The molecule has 7 heteroatoms. The Bertz CT molecular complexity index is 838. The van der Waals surface area contributed by atoms with Crippen molar-refractivity contribution in [3.63, 3.8) is 0 Å². The summed E-state index contributed by atoms with van der Waals surface area (Å²) in [6.07, 6.45) is 4.18. The van der Waals surface area contributed by atoms with E-state index in [-0.39, 0.29) is 11.7 Å². The monoisotopic (exact) mass is 347 g/mol. The minimum absolute atomic E-state index is 0.0736. The minimum Gasteiger partial charge on any atom is -0.347 e. The zero-order valence-electron chi connectivity index (χ0n) is 13.5. The molecule has 24 heavy (non-hydrogen) atoms. The highest BCUT2D eigenvalue weighted by Crippen LogP contribution is 2.35. The highest BCUT2D eigenvalue weighted by atomic mass is 32.2. The maximum atomic E-state index is 12.4. The Labute approximate surface area is 141 Å². The van der Waals surface area contributed by atoms with Crippen molar-refractivity contribution >= 4 is 15.9 Å². The van der Waals surface area contributed by atoms with Crippen molar-refractivity contribution in [2.45, 2.75) is 31.2 Å². The first-order chi connectivity index (χ1) is 11.5. The van der Waals surface area contributed by atoms with E-state index in [4.69, 9.17) is 0 Å². The number of rotatable bonds is 7. The molecule has 1 saturated carbocycles. The van der Waals surface area contributed by atoms with Crippen LogP contribution in [-0.2, 0) is 22.3 Å². The minimum atomic E-state index is -3.30. The molecule has 0 bridgehead atoms. The lowest BCUT2D eigenvalue weighted by Gasteiger charge is -2.10. The fraction of sp³-hybridized carbons (Fsp3) is 0.353. The summed E-state index contributed by atoms with van der Waals surface area (Å²) < 4.78 is 27.6. The topological polar surface area (TPSA) is 80.2 Å². The van der Waals surface area contributed by atoms with Crippen molar-refractivity contribution in [3.05, 3.63) is 59.4 Å². The van der Waals surface area contributed by atoms with Gasteiger partial charge in [-0.3, -0.25) is 4.79 Å². The number of hydrogen-bond donors (Lipinski definition) is 2. The second kappa shape index (κ2) is 6.78. The van der Waals surface area contributed by atoms with E-state index in [1.807, 2.05) is 29.0 Å². The van der Waals surface area contributed by atoms with Gasteiger partial charge in [0.15, 0.2) is 0 Å². The van der Waals surface area contributed by atoms with Crippen LogP contribution in [0.2, 0.25) is 0 Å². The number of carbonyl (C=O) groups is 1. The Balaban J connectivity index is 1.64. The third kappa shape index (κ3) is 4.04. The van der Waals surface area contributed by atoms with Gasteiger partial charge in [-0.25, -0.2) is 13.1 Å². The maximum Gasteiger partial charge on any atom is 0.268 e. The number of aromatic nitrogens is 1. The third-order valence-corrected chi connectivity index (χ3v) is 5.40. The lowest BCUT2D eigenvalue weighted by atomic mass is 10.1. The van der Waals surface area contributed by atoms with Crippen molar-refractivity contribution in [2.24, 2.45) is 0 Å². The van der Waals surface area contributed by atoms with Gasteiger partial charge in [0.1, 0.15) is 5.69 Å². The Morgan fingerprint density at radius 3 is 2.67 bits per heavy atom. The Kier molecular flexibility index (Phi) is 4.73. The van der Waals surface area contributed by atoms with E-state index < -0.39 is 10.0 Å². The van der Waals surface area contributed by atoms with Gasteiger partial charge in [0, 0.05) is 18.8 Å². The maximum absolute atomic E-state index is 12.4. The number of carbonyl (C=O) groups excluding carboxylic acids is 1. The van der Waals surface area contributed by atoms with Crippen LogP contribution < -0.4 is 10.0 Å². The molecule has 1 aliphatic carbocycles. The molecule has 2 N–H and O–H groups in total. The lowest BCUT2D eigenvalue weighted by molar-refractivity contribution is 0.0941. The molecule has 1 aromatic carbocycles. The first-order valence-corrected chi connectivity index (χ1v) is 9.58. The Morgan fingerprint density at radius 1 is 1.21 bits per heavy atom.